The van der Waals surface area contributed by atoms with Crippen LogP contribution in [0.4, 0.5) is 0 Å². The van der Waals surface area contributed by atoms with E-state index in [0.29, 0.717) is 5.82 Å². The van der Waals surface area contributed by atoms with Gasteiger partial charge in [-0.05, 0) is 48.7 Å². The molecule has 0 radical (unpaired) electrons. The standard InChI is InChI=1S/C25H34N6O/c1-32-24-12-10-22(11-13-24)14-17-30-20-18-29(19-21-30)15-6-3-7-16-31-27-25(26-28-31)23-8-4-2-5-9-23/h2,4-5,8-13H,3,6-7,14-21H2,1H3. The Balaban J connectivity index is 1.07. The van der Waals surface area contributed by atoms with Crippen LogP contribution < -0.4 is 4.74 Å². The zero-order valence-corrected chi connectivity index (χ0v) is 19.1. The predicted molar refractivity (Wildman–Crippen MR) is 127 cm³/mol. The molecule has 0 aliphatic carbocycles. The maximum atomic E-state index is 5.24. The van der Waals surface area contributed by atoms with Crippen molar-refractivity contribution in [1.82, 2.24) is 30.0 Å². The quantitative estimate of drug-likeness (QED) is 0.431. The van der Waals surface area contributed by atoms with Gasteiger partial charge in [0.05, 0.1) is 13.7 Å². The smallest absolute Gasteiger partial charge is 0.204 e. The SMILES string of the molecule is COc1ccc(CCN2CCN(CCCCCn3nnc(-c4ccccc4)n3)CC2)cc1. The Morgan fingerprint density at radius 3 is 2.19 bits per heavy atom. The Morgan fingerprint density at radius 2 is 1.47 bits per heavy atom. The van der Waals surface area contributed by atoms with Crippen LogP contribution >= 0.6 is 0 Å². The van der Waals surface area contributed by atoms with E-state index < -0.39 is 0 Å². The number of aromatic nitrogens is 4. The van der Waals surface area contributed by atoms with E-state index in [0.717, 1.165) is 37.2 Å². The van der Waals surface area contributed by atoms with Gasteiger partial charge in [0.15, 0.2) is 0 Å². The Morgan fingerprint density at radius 1 is 0.781 bits per heavy atom. The summed E-state index contributed by atoms with van der Waals surface area (Å²) in [5.41, 5.74) is 2.40. The molecular weight excluding hydrogens is 400 g/mol. The van der Waals surface area contributed by atoms with Gasteiger partial charge in [-0.1, -0.05) is 48.9 Å². The summed E-state index contributed by atoms with van der Waals surface area (Å²) in [6, 6.07) is 18.5. The summed E-state index contributed by atoms with van der Waals surface area (Å²) in [5.74, 6) is 1.63. The average molecular weight is 435 g/mol. The normalized spacial score (nSPS) is 15.2. The van der Waals surface area contributed by atoms with Gasteiger partial charge in [0.2, 0.25) is 5.82 Å². The molecule has 170 valence electrons. The van der Waals surface area contributed by atoms with E-state index in [1.807, 2.05) is 30.3 Å². The van der Waals surface area contributed by atoms with Crippen molar-refractivity contribution in [3.63, 3.8) is 0 Å². The van der Waals surface area contributed by atoms with Crippen molar-refractivity contribution in [1.29, 1.82) is 0 Å². The zero-order chi connectivity index (χ0) is 22.0. The third-order valence-corrected chi connectivity index (χ3v) is 6.16. The molecule has 0 N–H and O–H groups in total. The van der Waals surface area contributed by atoms with Crippen molar-refractivity contribution in [2.24, 2.45) is 0 Å². The fourth-order valence-electron chi connectivity index (χ4n) is 4.12. The lowest BCUT2D eigenvalue weighted by Crippen LogP contribution is -2.47. The zero-order valence-electron chi connectivity index (χ0n) is 19.1. The molecule has 0 bridgehead atoms. The molecule has 3 aromatic rings. The van der Waals surface area contributed by atoms with Gasteiger partial charge in [0.25, 0.3) is 0 Å². The van der Waals surface area contributed by atoms with Crippen LogP contribution in [0.5, 0.6) is 5.75 Å². The van der Waals surface area contributed by atoms with Crippen molar-refractivity contribution < 1.29 is 4.74 Å². The molecule has 4 rings (SSSR count). The van der Waals surface area contributed by atoms with E-state index in [9.17, 15) is 0 Å². The monoisotopic (exact) mass is 434 g/mol. The summed E-state index contributed by atoms with van der Waals surface area (Å²) >= 11 is 0. The average Bonchev–Trinajstić information content (AvgIpc) is 3.33. The van der Waals surface area contributed by atoms with Crippen LogP contribution in [0.3, 0.4) is 0 Å². The van der Waals surface area contributed by atoms with Gasteiger partial charge < -0.3 is 14.5 Å². The largest absolute Gasteiger partial charge is 0.497 e. The molecular formula is C25H34N6O. The van der Waals surface area contributed by atoms with Crippen molar-refractivity contribution in [3.8, 4) is 17.1 Å². The van der Waals surface area contributed by atoms with Gasteiger partial charge in [-0.2, -0.15) is 4.80 Å². The number of benzene rings is 2. The van der Waals surface area contributed by atoms with Crippen LogP contribution in [-0.4, -0.2) is 76.4 Å². The van der Waals surface area contributed by atoms with Crippen molar-refractivity contribution >= 4 is 0 Å². The van der Waals surface area contributed by atoms with Crippen molar-refractivity contribution in [3.05, 3.63) is 60.2 Å². The fraction of sp³-hybridized carbons (Fsp3) is 0.480. The first-order chi connectivity index (χ1) is 15.8. The number of hydrogen-bond donors (Lipinski definition) is 0. The van der Waals surface area contributed by atoms with Gasteiger partial charge in [0, 0.05) is 38.3 Å². The highest BCUT2D eigenvalue weighted by Gasteiger charge is 2.16. The number of unbranched alkanes of at least 4 members (excludes halogenated alkanes) is 2. The number of aryl methyl sites for hydroxylation is 1. The number of ether oxygens (including phenoxy) is 1. The molecule has 1 aromatic heterocycles. The minimum atomic E-state index is 0.704. The molecule has 0 amide bonds. The van der Waals surface area contributed by atoms with Crippen LogP contribution in [0.2, 0.25) is 0 Å². The Labute approximate surface area is 191 Å². The molecule has 0 unspecified atom stereocenters. The number of rotatable bonds is 11. The number of nitrogens with zero attached hydrogens (tertiary/aromatic N) is 6. The summed E-state index contributed by atoms with van der Waals surface area (Å²) in [7, 11) is 1.71. The van der Waals surface area contributed by atoms with Gasteiger partial charge in [-0.3, -0.25) is 0 Å². The Hall–Kier alpha value is -2.77. The number of hydrogen-bond acceptors (Lipinski definition) is 6. The summed E-state index contributed by atoms with van der Waals surface area (Å²) in [5, 5.41) is 12.9. The molecule has 1 aliphatic heterocycles. The lowest BCUT2D eigenvalue weighted by Gasteiger charge is -2.34. The summed E-state index contributed by atoms with van der Waals surface area (Å²) < 4.78 is 5.24. The molecule has 1 fully saturated rings. The maximum Gasteiger partial charge on any atom is 0.204 e. The number of tetrazole rings is 1. The van der Waals surface area contributed by atoms with Gasteiger partial charge >= 0.3 is 0 Å². The highest BCUT2D eigenvalue weighted by Crippen LogP contribution is 2.14. The molecule has 0 spiro atoms. The van der Waals surface area contributed by atoms with Gasteiger partial charge in [-0.25, -0.2) is 0 Å². The predicted octanol–water partition coefficient (Wildman–Crippen LogP) is 3.38. The molecule has 7 heteroatoms. The van der Waals surface area contributed by atoms with Gasteiger partial charge in [-0.15, -0.1) is 10.2 Å². The second-order valence-electron chi connectivity index (χ2n) is 8.42. The summed E-state index contributed by atoms with van der Waals surface area (Å²) in [6.07, 6.45) is 4.62. The lowest BCUT2D eigenvalue weighted by molar-refractivity contribution is 0.131. The van der Waals surface area contributed by atoms with Crippen molar-refractivity contribution in [2.75, 3.05) is 46.4 Å². The Kier molecular flexibility index (Phi) is 8.23. The molecule has 7 nitrogen and oxygen atoms in total. The van der Waals surface area contributed by atoms with E-state index in [1.54, 1.807) is 11.9 Å². The van der Waals surface area contributed by atoms with E-state index in [2.05, 4.69) is 49.5 Å². The van der Waals surface area contributed by atoms with E-state index in [-0.39, 0.29) is 0 Å². The fourth-order valence-corrected chi connectivity index (χ4v) is 4.12. The first-order valence-electron chi connectivity index (χ1n) is 11.7. The first-order valence-corrected chi connectivity index (χ1v) is 11.7. The minimum Gasteiger partial charge on any atom is -0.497 e. The number of methoxy groups -OCH3 is 1. The second kappa shape index (κ2) is 11.7. The molecule has 2 heterocycles. The van der Waals surface area contributed by atoms with Crippen molar-refractivity contribution in [2.45, 2.75) is 32.2 Å². The lowest BCUT2D eigenvalue weighted by atomic mass is 10.1. The summed E-state index contributed by atoms with van der Waals surface area (Å²) in [4.78, 5) is 6.91. The molecule has 0 atom stereocenters. The van der Waals surface area contributed by atoms with Gasteiger partial charge in [0.1, 0.15) is 5.75 Å². The number of piperazine rings is 1. The molecule has 32 heavy (non-hydrogen) atoms. The van der Waals surface area contributed by atoms with Crippen LogP contribution in [0.15, 0.2) is 54.6 Å². The summed E-state index contributed by atoms with van der Waals surface area (Å²) in [6.45, 7) is 7.84. The maximum absolute atomic E-state index is 5.24. The molecule has 0 saturated carbocycles. The second-order valence-corrected chi connectivity index (χ2v) is 8.42. The van der Waals surface area contributed by atoms with E-state index >= 15 is 0 Å². The van der Waals surface area contributed by atoms with Crippen LogP contribution in [-0.2, 0) is 13.0 Å². The topological polar surface area (TPSA) is 59.3 Å². The highest BCUT2D eigenvalue weighted by molar-refractivity contribution is 5.52. The molecule has 1 saturated heterocycles. The minimum absolute atomic E-state index is 0.704. The van der Waals surface area contributed by atoms with Crippen LogP contribution in [0, 0.1) is 0 Å². The third-order valence-electron chi connectivity index (χ3n) is 6.16. The Bertz CT molecular complexity index is 919. The van der Waals surface area contributed by atoms with Crippen LogP contribution in [0.25, 0.3) is 11.4 Å². The molecule has 1 aliphatic rings. The third kappa shape index (κ3) is 6.61. The van der Waals surface area contributed by atoms with E-state index in [1.165, 1.54) is 51.1 Å². The highest BCUT2D eigenvalue weighted by atomic mass is 16.5. The first kappa shape index (κ1) is 22.4. The van der Waals surface area contributed by atoms with Crippen LogP contribution in [0.1, 0.15) is 24.8 Å². The van der Waals surface area contributed by atoms with E-state index in [4.69, 9.17) is 4.74 Å². The molecule has 2 aromatic carbocycles.